The SMILES string of the molecule is COc1c(C)ccc2c(=O)cc(-c3ccc(N(C)C)cc3)oc12. The number of benzene rings is 2. The third-order valence-corrected chi connectivity index (χ3v) is 3.92. The molecular formula is C19H19NO3. The van der Waals surface area contributed by atoms with E-state index in [1.807, 2.05) is 56.3 Å². The lowest BCUT2D eigenvalue weighted by Crippen LogP contribution is -2.08. The zero-order valence-corrected chi connectivity index (χ0v) is 13.7. The molecule has 0 saturated heterocycles. The van der Waals surface area contributed by atoms with E-state index >= 15 is 0 Å². The van der Waals surface area contributed by atoms with Crippen LogP contribution in [-0.2, 0) is 0 Å². The number of methoxy groups -OCH3 is 1. The van der Waals surface area contributed by atoms with E-state index < -0.39 is 0 Å². The molecule has 0 unspecified atom stereocenters. The fourth-order valence-corrected chi connectivity index (χ4v) is 2.61. The number of nitrogens with zero attached hydrogens (tertiary/aromatic N) is 1. The Morgan fingerprint density at radius 2 is 1.74 bits per heavy atom. The molecule has 0 aliphatic rings. The zero-order valence-electron chi connectivity index (χ0n) is 13.7. The van der Waals surface area contributed by atoms with Gasteiger partial charge in [-0.05, 0) is 42.8 Å². The second kappa shape index (κ2) is 5.80. The highest BCUT2D eigenvalue weighted by Crippen LogP contribution is 2.31. The lowest BCUT2D eigenvalue weighted by Gasteiger charge is -2.13. The van der Waals surface area contributed by atoms with Crippen LogP contribution in [0.2, 0.25) is 0 Å². The van der Waals surface area contributed by atoms with Crippen LogP contribution in [0.15, 0.2) is 51.7 Å². The second-order valence-corrected chi connectivity index (χ2v) is 5.71. The van der Waals surface area contributed by atoms with Gasteiger partial charge >= 0.3 is 0 Å². The topological polar surface area (TPSA) is 42.7 Å². The number of hydrogen-bond donors (Lipinski definition) is 0. The van der Waals surface area contributed by atoms with Crippen molar-refractivity contribution in [1.29, 1.82) is 0 Å². The highest BCUT2D eigenvalue weighted by molar-refractivity contribution is 5.85. The normalized spacial score (nSPS) is 10.8. The maximum atomic E-state index is 12.4. The summed E-state index contributed by atoms with van der Waals surface area (Å²) in [6, 6.07) is 13.0. The predicted octanol–water partition coefficient (Wildman–Crippen LogP) is 3.84. The van der Waals surface area contributed by atoms with Crippen molar-refractivity contribution in [3.63, 3.8) is 0 Å². The Labute approximate surface area is 134 Å². The summed E-state index contributed by atoms with van der Waals surface area (Å²) in [5, 5.41) is 0.529. The molecule has 0 aliphatic heterocycles. The molecule has 0 radical (unpaired) electrons. The van der Waals surface area contributed by atoms with E-state index in [2.05, 4.69) is 0 Å². The fourth-order valence-electron chi connectivity index (χ4n) is 2.61. The van der Waals surface area contributed by atoms with Crippen molar-refractivity contribution in [2.45, 2.75) is 6.92 Å². The zero-order chi connectivity index (χ0) is 16.6. The molecule has 0 amide bonds. The van der Waals surface area contributed by atoms with E-state index in [0.29, 0.717) is 22.5 Å². The average molecular weight is 309 g/mol. The highest BCUT2D eigenvalue weighted by Gasteiger charge is 2.13. The van der Waals surface area contributed by atoms with Crippen molar-refractivity contribution in [3.05, 3.63) is 58.3 Å². The molecule has 1 aromatic heterocycles. The van der Waals surface area contributed by atoms with Gasteiger partial charge in [-0.15, -0.1) is 0 Å². The molecule has 23 heavy (non-hydrogen) atoms. The Hall–Kier alpha value is -2.75. The minimum Gasteiger partial charge on any atom is -0.493 e. The molecule has 118 valence electrons. The van der Waals surface area contributed by atoms with Crippen LogP contribution in [0.5, 0.6) is 5.75 Å². The van der Waals surface area contributed by atoms with Crippen molar-refractivity contribution >= 4 is 16.7 Å². The van der Waals surface area contributed by atoms with Crippen LogP contribution in [-0.4, -0.2) is 21.2 Å². The first-order valence-corrected chi connectivity index (χ1v) is 7.40. The average Bonchev–Trinajstić information content (AvgIpc) is 2.54. The quantitative estimate of drug-likeness (QED) is 0.737. The molecule has 0 fully saturated rings. The molecule has 3 rings (SSSR count). The maximum absolute atomic E-state index is 12.4. The van der Waals surface area contributed by atoms with Crippen LogP contribution in [0, 0.1) is 6.92 Å². The summed E-state index contributed by atoms with van der Waals surface area (Å²) in [4.78, 5) is 14.4. The molecule has 0 N–H and O–H groups in total. The number of hydrogen-bond acceptors (Lipinski definition) is 4. The van der Waals surface area contributed by atoms with Gasteiger partial charge in [-0.2, -0.15) is 0 Å². The molecule has 0 bridgehead atoms. The van der Waals surface area contributed by atoms with Gasteiger partial charge < -0.3 is 14.1 Å². The first-order valence-electron chi connectivity index (χ1n) is 7.40. The summed E-state index contributed by atoms with van der Waals surface area (Å²) in [5.41, 5.74) is 3.30. The van der Waals surface area contributed by atoms with Gasteiger partial charge in [0.05, 0.1) is 12.5 Å². The molecule has 0 aliphatic carbocycles. The summed E-state index contributed by atoms with van der Waals surface area (Å²) in [7, 11) is 5.55. The van der Waals surface area contributed by atoms with E-state index in [-0.39, 0.29) is 5.43 Å². The smallest absolute Gasteiger partial charge is 0.193 e. The van der Waals surface area contributed by atoms with Gasteiger partial charge in [0.25, 0.3) is 0 Å². The molecule has 4 nitrogen and oxygen atoms in total. The summed E-state index contributed by atoms with van der Waals surface area (Å²) in [5.74, 6) is 1.14. The largest absolute Gasteiger partial charge is 0.493 e. The lowest BCUT2D eigenvalue weighted by molar-refractivity contribution is 0.407. The first-order chi connectivity index (χ1) is 11.0. The Kier molecular flexibility index (Phi) is 3.82. The Bertz CT molecular complexity index is 908. The Balaban J connectivity index is 2.20. The number of ether oxygens (including phenoxy) is 1. The molecule has 4 heteroatoms. The number of aryl methyl sites for hydroxylation is 1. The monoisotopic (exact) mass is 309 g/mol. The van der Waals surface area contributed by atoms with Crippen LogP contribution < -0.4 is 15.1 Å². The van der Waals surface area contributed by atoms with Gasteiger partial charge in [-0.1, -0.05) is 6.07 Å². The molecule has 3 aromatic rings. The molecule has 0 spiro atoms. The molecule has 2 aromatic carbocycles. The van der Waals surface area contributed by atoms with Crippen molar-refractivity contribution in [3.8, 4) is 17.1 Å². The summed E-state index contributed by atoms with van der Waals surface area (Å²) in [6.45, 7) is 1.93. The van der Waals surface area contributed by atoms with E-state index in [1.54, 1.807) is 13.2 Å². The van der Waals surface area contributed by atoms with Gasteiger partial charge in [0.15, 0.2) is 16.8 Å². The van der Waals surface area contributed by atoms with Gasteiger partial charge in [-0.3, -0.25) is 4.79 Å². The van der Waals surface area contributed by atoms with E-state index in [9.17, 15) is 4.79 Å². The summed E-state index contributed by atoms with van der Waals surface area (Å²) >= 11 is 0. The lowest BCUT2D eigenvalue weighted by atomic mass is 10.1. The first kappa shape index (κ1) is 15.2. The molecule has 0 atom stereocenters. The molecule has 1 heterocycles. The van der Waals surface area contributed by atoms with Gasteiger partial charge in [-0.25, -0.2) is 0 Å². The van der Waals surface area contributed by atoms with Crippen molar-refractivity contribution in [2.75, 3.05) is 26.1 Å². The van der Waals surface area contributed by atoms with Crippen LogP contribution in [0.1, 0.15) is 5.56 Å². The van der Waals surface area contributed by atoms with Crippen LogP contribution in [0.4, 0.5) is 5.69 Å². The van der Waals surface area contributed by atoms with Crippen LogP contribution in [0.25, 0.3) is 22.3 Å². The third-order valence-electron chi connectivity index (χ3n) is 3.92. The number of rotatable bonds is 3. The summed E-state index contributed by atoms with van der Waals surface area (Å²) < 4.78 is 11.4. The Morgan fingerprint density at radius 1 is 1.04 bits per heavy atom. The number of anilines is 1. The third kappa shape index (κ3) is 2.68. The van der Waals surface area contributed by atoms with Gasteiger partial charge in [0.1, 0.15) is 5.76 Å². The van der Waals surface area contributed by atoms with Crippen LogP contribution >= 0.6 is 0 Å². The fraction of sp³-hybridized carbons (Fsp3) is 0.211. The van der Waals surface area contributed by atoms with Gasteiger partial charge in [0, 0.05) is 31.4 Å². The van der Waals surface area contributed by atoms with Gasteiger partial charge in [0.2, 0.25) is 0 Å². The Morgan fingerprint density at radius 3 is 2.35 bits per heavy atom. The number of fused-ring (bicyclic) bond motifs is 1. The highest BCUT2D eigenvalue weighted by atomic mass is 16.5. The minimum atomic E-state index is -0.0729. The predicted molar refractivity (Wildman–Crippen MR) is 93.5 cm³/mol. The van der Waals surface area contributed by atoms with Crippen molar-refractivity contribution in [1.82, 2.24) is 0 Å². The van der Waals surface area contributed by atoms with E-state index in [4.69, 9.17) is 9.15 Å². The molecular weight excluding hydrogens is 290 g/mol. The second-order valence-electron chi connectivity index (χ2n) is 5.71. The minimum absolute atomic E-state index is 0.0729. The van der Waals surface area contributed by atoms with Crippen molar-refractivity contribution < 1.29 is 9.15 Å². The van der Waals surface area contributed by atoms with E-state index in [0.717, 1.165) is 16.8 Å². The van der Waals surface area contributed by atoms with Crippen LogP contribution in [0.3, 0.4) is 0 Å². The maximum Gasteiger partial charge on any atom is 0.193 e. The molecule has 0 saturated carbocycles. The summed E-state index contributed by atoms with van der Waals surface area (Å²) in [6.07, 6.45) is 0. The standard InChI is InChI=1S/C19H19NO3/c1-12-5-10-15-16(21)11-17(23-19(15)18(12)22-4)13-6-8-14(9-7-13)20(2)3/h5-11H,1-4H3. The van der Waals surface area contributed by atoms with Crippen molar-refractivity contribution in [2.24, 2.45) is 0 Å². The van der Waals surface area contributed by atoms with E-state index in [1.165, 1.54) is 6.07 Å².